The number of anilines is 1. The number of pyridine rings is 1. The molecule has 1 aliphatic rings. The second-order valence-electron chi connectivity index (χ2n) is 5.37. The Labute approximate surface area is 119 Å². The van der Waals surface area contributed by atoms with Crippen molar-refractivity contribution in [2.75, 3.05) is 18.0 Å². The van der Waals surface area contributed by atoms with Crippen LogP contribution < -0.4 is 10.6 Å². The maximum atomic E-state index is 7.84. The molecule has 2 aromatic rings. The van der Waals surface area contributed by atoms with Gasteiger partial charge in [0.2, 0.25) is 0 Å². The zero-order valence-electron chi connectivity index (χ0n) is 11.6. The molecule has 20 heavy (non-hydrogen) atoms. The molecule has 4 nitrogen and oxygen atoms in total. The number of nitrogen functional groups attached to an aromatic ring is 1. The fourth-order valence-electron chi connectivity index (χ4n) is 2.83. The third kappa shape index (κ3) is 2.46. The molecular formula is C16H20N4. The molecule has 1 fully saturated rings. The van der Waals surface area contributed by atoms with E-state index in [1.807, 2.05) is 30.3 Å². The van der Waals surface area contributed by atoms with E-state index in [-0.39, 0.29) is 5.84 Å². The molecule has 0 aliphatic carbocycles. The van der Waals surface area contributed by atoms with E-state index in [0.717, 1.165) is 35.4 Å². The van der Waals surface area contributed by atoms with E-state index in [1.54, 1.807) is 0 Å². The van der Waals surface area contributed by atoms with Crippen LogP contribution in [0.5, 0.6) is 0 Å². The molecule has 4 heteroatoms. The number of aromatic nitrogens is 1. The molecular weight excluding hydrogens is 248 g/mol. The highest BCUT2D eigenvalue weighted by Crippen LogP contribution is 2.25. The van der Waals surface area contributed by atoms with Crippen LogP contribution in [0.3, 0.4) is 0 Å². The van der Waals surface area contributed by atoms with Crippen molar-refractivity contribution < 1.29 is 0 Å². The monoisotopic (exact) mass is 268 g/mol. The number of para-hydroxylation sites is 1. The Morgan fingerprint density at radius 1 is 1.10 bits per heavy atom. The van der Waals surface area contributed by atoms with Crippen LogP contribution in [-0.4, -0.2) is 23.9 Å². The summed E-state index contributed by atoms with van der Waals surface area (Å²) in [7, 11) is 0. The Kier molecular flexibility index (Phi) is 3.54. The second kappa shape index (κ2) is 5.49. The van der Waals surface area contributed by atoms with E-state index in [2.05, 4.69) is 4.90 Å². The summed E-state index contributed by atoms with van der Waals surface area (Å²) in [6.45, 7) is 2.01. The van der Waals surface area contributed by atoms with Crippen molar-refractivity contribution in [2.24, 2.45) is 5.73 Å². The molecule has 2 heterocycles. The van der Waals surface area contributed by atoms with Gasteiger partial charge in [0.1, 0.15) is 11.7 Å². The van der Waals surface area contributed by atoms with Crippen LogP contribution in [0, 0.1) is 5.41 Å². The summed E-state index contributed by atoms with van der Waals surface area (Å²) >= 11 is 0. The number of nitrogens with two attached hydrogens (primary N) is 1. The molecule has 1 saturated heterocycles. The second-order valence-corrected chi connectivity index (χ2v) is 5.37. The van der Waals surface area contributed by atoms with Crippen molar-refractivity contribution in [2.45, 2.75) is 25.7 Å². The molecule has 0 atom stereocenters. The lowest BCUT2D eigenvalue weighted by Gasteiger charge is -2.24. The first-order chi connectivity index (χ1) is 9.75. The normalized spacial score (nSPS) is 16.1. The molecule has 0 unspecified atom stereocenters. The van der Waals surface area contributed by atoms with E-state index in [9.17, 15) is 0 Å². The van der Waals surface area contributed by atoms with Crippen LogP contribution in [0.4, 0.5) is 5.82 Å². The molecule has 104 valence electrons. The minimum atomic E-state index is 0.0995. The summed E-state index contributed by atoms with van der Waals surface area (Å²) in [4.78, 5) is 7.05. The summed E-state index contributed by atoms with van der Waals surface area (Å²) in [5, 5.41) is 8.87. The van der Waals surface area contributed by atoms with Crippen molar-refractivity contribution in [3.63, 3.8) is 0 Å². The summed E-state index contributed by atoms with van der Waals surface area (Å²) < 4.78 is 0. The lowest BCUT2D eigenvalue weighted by atomic mass is 10.1. The fourth-order valence-corrected chi connectivity index (χ4v) is 2.83. The van der Waals surface area contributed by atoms with Crippen molar-refractivity contribution in [3.8, 4) is 0 Å². The number of rotatable bonds is 2. The van der Waals surface area contributed by atoms with Gasteiger partial charge in [-0.15, -0.1) is 0 Å². The Bertz CT molecular complexity index is 627. The number of hydrogen-bond donors (Lipinski definition) is 2. The Balaban J connectivity index is 2.11. The van der Waals surface area contributed by atoms with E-state index in [4.69, 9.17) is 16.1 Å². The number of benzene rings is 1. The smallest absolute Gasteiger partial charge is 0.140 e. The average molecular weight is 268 g/mol. The summed E-state index contributed by atoms with van der Waals surface area (Å²) in [5.74, 6) is 0.973. The van der Waals surface area contributed by atoms with Gasteiger partial charge in [0.25, 0.3) is 0 Å². The maximum Gasteiger partial charge on any atom is 0.140 e. The first-order valence-electron chi connectivity index (χ1n) is 7.25. The summed E-state index contributed by atoms with van der Waals surface area (Å²) in [6, 6.07) is 10.0. The molecule has 0 amide bonds. The van der Waals surface area contributed by atoms with Crippen molar-refractivity contribution in [1.82, 2.24) is 4.98 Å². The van der Waals surface area contributed by atoms with Crippen molar-refractivity contribution in [3.05, 3.63) is 35.9 Å². The van der Waals surface area contributed by atoms with Crippen molar-refractivity contribution >= 4 is 22.6 Å². The predicted octanol–water partition coefficient (Wildman–Crippen LogP) is 2.90. The van der Waals surface area contributed by atoms with Gasteiger partial charge in [0, 0.05) is 18.5 Å². The number of nitrogens with one attached hydrogen (secondary N) is 1. The van der Waals surface area contributed by atoms with Gasteiger partial charge < -0.3 is 10.6 Å². The van der Waals surface area contributed by atoms with Gasteiger partial charge in [-0.1, -0.05) is 31.0 Å². The lowest BCUT2D eigenvalue weighted by molar-refractivity contribution is 0.726. The first kappa shape index (κ1) is 12.9. The number of fused-ring (bicyclic) bond motifs is 1. The van der Waals surface area contributed by atoms with Crippen LogP contribution in [0.25, 0.3) is 10.9 Å². The highest BCUT2D eigenvalue weighted by molar-refractivity contribution is 6.03. The van der Waals surface area contributed by atoms with Crippen LogP contribution in [0.2, 0.25) is 0 Å². The molecule has 0 bridgehead atoms. The molecule has 1 aromatic carbocycles. The Morgan fingerprint density at radius 2 is 1.80 bits per heavy atom. The minimum Gasteiger partial charge on any atom is -0.384 e. The quantitative estimate of drug-likeness (QED) is 0.650. The first-order valence-corrected chi connectivity index (χ1v) is 7.25. The molecule has 1 aliphatic heterocycles. The summed E-state index contributed by atoms with van der Waals surface area (Å²) in [6.07, 6.45) is 4.93. The van der Waals surface area contributed by atoms with Gasteiger partial charge in [-0.3, -0.25) is 5.41 Å². The predicted molar refractivity (Wildman–Crippen MR) is 83.4 cm³/mol. The van der Waals surface area contributed by atoms with Gasteiger partial charge in [-0.05, 0) is 25.0 Å². The molecule has 0 radical (unpaired) electrons. The zero-order valence-corrected chi connectivity index (χ0v) is 11.6. The topological polar surface area (TPSA) is 66.0 Å². The zero-order chi connectivity index (χ0) is 13.9. The molecule has 1 aromatic heterocycles. The van der Waals surface area contributed by atoms with Gasteiger partial charge in [0.05, 0.1) is 11.1 Å². The number of hydrogen-bond acceptors (Lipinski definition) is 3. The molecule has 0 spiro atoms. The van der Waals surface area contributed by atoms with Crippen LogP contribution in [-0.2, 0) is 0 Å². The van der Waals surface area contributed by atoms with E-state index >= 15 is 0 Å². The average Bonchev–Trinajstić information content (AvgIpc) is 2.74. The number of nitrogens with zero attached hydrogens (tertiary/aromatic N) is 2. The highest BCUT2D eigenvalue weighted by Gasteiger charge is 2.17. The van der Waals surface area contributed by atoms with Crippen LogP contribution in [0.15, 0.2) is 30.3 Å². The third-order valence-electron chi connectivity index (χ3n) is 3.90. The van der Waals surface area contributed by atoms with E-state index in [0.29, 0.717) is 0 Å². The Hall–Kier alpha value is -2.10. The van der Waals surface area contributed by atoms with Crippen molar-refractivity contribution in [1.29, 1.82) is 5.41 Å². The van der Waals surface area contributed by atoms with Gasteiger partial charge in [-0.2, -0.15) is 0 Å². The Morgan fingerprint density at radius 3 is 2.50 bits per heavy atom. The standard InChI is InChI=1S/C16H20N4/c17-15(18)13-11-12-7-3-4-8-14(12)19-16(13)20-9-5-1-2-6-10-20/h3-4,7-8,11H,1-2,5-6,9-10H2,(H3,17,18). The molecule has 3 N–H and O–H groups in total. The summed E-state index contributed by atoms with van der Waals surface area (Å²) in [5.41, 5.74) is 7.49. The van der Waals surface area contributed by atoms with Gasteiger partial charge in [-0.25, -0.2) is 4.98 Å². The van der Waals surface area contributed by atoms with Crippen LogP contribution >= 0.6 is 0 Å². The van der Waals surface area contributed by atoms with E-state index in [1.165, 1.54) is 25.7 Å². The third-order valence-corrected chi connectivity index (χ3v) is 3.90. The largest absolute Gasteiger partial charge is 0.384 e. The molecule has 0 saturated carbocycles. The van der Waals surface area contributed by atoms with Gasteiger partial charge in [0.15, 0.2) is 0 Å². The maximum absolute atomic E-state index is 7.84. The van der Waals surface area contributed by atoms with Crippen LogP contribution in [0.1, 0.15) is 31.2 Å². The molecule has 3 rings (SSSR count). The number of amidine groups is 1. The SMILES string of the molecule is N=C(N)c1cc2ccccc2nc1N1CCCCCC1. The highest BCUT2D eigenvalue weighted by atomic mass is 15.2. The lowest BCUT2D eigenvalue weighted by Crippen LogP contribution is -2.28. The fraction of sp³-hybridized carbons (Fsp3) is 0.375. The minimum absolute atomic E-state index is 0.0995. The van der Waals surface area contributed by atoms with Gasteiger partial charge >= 0.3 is 0 Å². The van der Waals surface area contributed by atoms with E-state index < -0.39 is 0 Å².